The Morgan fingerprint density at radius 2 is 2.33 bits per heavy atom. The predicted molar refractivity (Wildman–Crippen MR) is 58.7 cm³/mol. The van der Waals surface area contributed by atoms with Gasteiger partial charge in [-0.2, -0.15) is 5.26 Å². The molecule has 0 fully saturated rings. The van der Waals surface area contributed by atoms with Gasteiger partial charge in [-0.25, -0.2) is 13.8 Å². The summed E-state index contributed by atoms with van der Waals surface area (Å²) in [5, 5.41) is 8.86. The molecule has 1 aromatic rings. The van der Waals surface area contributed by atoms with Crippen molar-refractivity contribution < 1.29 is 18.3 Å². The van der Waals surface area contributed by atoms with E-state index < -0.39 is 18.1 Å². The summed E-state index contributed by atoms with van der Waals surface area (Å²) in [6.07, 6.45) is -3.11. The summed E-state index contributed by atoms with van der Waals surface area (Å²) in [6, 6.07) is 2.73. The number of carbonyl (C=O) groups excluding carboxylic acids is 1. The van der Waals surface area contributed by atoms with Crippen molar-refractivity contribution in [2.75, 3.05) is 12.3 Å². The van der Waals surface area contributed by atoms with Gasteiger partial charge in [0.2, 0.25) is 0 Å². The molecule has 1 heterocycles. The molecule has 96 valence electrons. The van der Waals surface area contributed by atoms with Crippen LogP contribution in [0, 0.1) is 11.3 Å². The van der Waals surface area contributed by atoms with Crippen molar-refractivity contribution in [2.24, 2.45) is 0 Å². The zero-order valence-corrected chi connectivity index (χ0v) is 9.61. The number of hydrogen-bond acceptors (Lipinski definition) is 5. The van der Waals surface area contributed by atoms with Crippen LogP contribution in [0.3, 0.4) is 0 Å². The molecule has 1 aromatic heterocycles. The number of nitrogens with two attached hydrogens (primary N) is 1. The number of nitrogens with zero attached hydrogens (tertiary/aromatic N) is 2. The fourth-order valence-electron chi connectivity index (χ4n) is 1.39. The fraction of sp³-hybridized carbons (Fsp3) is 0.364. The van der Waals surface area contributed by atoms with E-state index in [-0.39, 0.29) is 30.0 Å². The van der Waals surface area contributed by atoms with Gasteiger partial charge in [0.05, 0.1) is 18.6 Å². The molecule has 0 aromatic carbocycles. The third kappa shape index (κ3) is 3.13. The van der Waals surface area contributed by atoms with E-state index >= 15 is 0 Å². The van der Waals surface area contributed by atoms with Crippen molar-refractivity contribution in [3.63, 3.8) is 0 Å². The largest absolute Gasteiger partial charge is 0.466 e. The number of hydrogen-bond donors (Lipinski definition) is 1. The highest BCUT2D eigenvalue weighted by atomic mass is 19.3. The molecule has 1 rings (SSSR count). The summed E-state index contributed by atoms with van der Waals surface area (Å²) in [5.41, 5.74) is 4.86. The molecule has 0 aliphatic rings. The van der Waals surface area contributed by atoms with Gasteiger partial charge >= 0.3 is 5.97 Å². The number of alkyl halides is 2. The first-order valence-corrected chi connectivity index (χ1v) is 5.12. The minimum atomic E-state index is -2.82. The van der Waals surface area contributed by atoms with Crippen molar-refractivity contribution in [3.8, 4) is 6.07 Å². The number of nitriles is 1. The van der Waals surface area contributed by atoms with Crippen LogP contribution in [0.25, 0.3) is 0 Å². The first kappa shape index (κ1) is 13.8. The summed E-state index contributed by atoms with van der Waals surface area (Å²) >= 11 is 0. The van der Waals surface area contributed by atoms with Crippen LogP contribution in [0.2, 0.25) is 0 Å². The summed E-state index contributed by atoms with van der Waals surface area (Å²) in [4.78, 5) is 14.7. The van der Waals surface area contributed by atoms with E-state index in [0.29, 0.717) is 0 Å². The highest BCUT2D eigenvalue weighted by Gasteiger charge is 2.18. The molecule has 0 radical (unpaired) electrons. The molecule has 0 saturated carbocycles. The van der Waals surface area contributed by atoms with Crippen LogP contribution in [0.4, 0.5) is 14.6 Å². The first-order chi connectivity index (χ1) is 8.49. The topological polar surface area (TPSA) is 89.0 Å². The van der Waals surface area contributed by atoms with Crippen molar-refractivity contribution >= 4 is 11.8 Å². The van der Waals surface area contributed by atoms with E-state index in [1.54, 1.807) is 13.0 Å². The van der Waals surface area contributed by atoms with Crippen LogP contribution < -0.4 is 5.73 Å². The molecule has 0 atom stereocenters. The Labute approximate surface area is 102 Å². The van der Waals surface area contributed by atoms with E-state index in [1.165, 1.54) is 0 Å². The highest BCUT2D eigenvalue weighted by Crippen LogP contribution is 2.23. The summed E-state index contributed by atoms with van der Waals surface area (Å²) < 4.78 is 29.8. The number of rotatable bonds is 4. The number of anilines is 1. The third-order valence-electron chi connectivity index (χ3n) is 2.12. The van der Waals surface area contributed by atoms with E-state index in [9.17, 15) is 13.6 Å². The number of halogens is 2. The van der Waals surface area contributed by atoms with Gasteiger partial charge in [0.15, 0.2) is 0 Å². The van der Waals surface area contributed by atoms with Gasteiger partial charge in [-0.05, 0) is 18.6 Å². The molecule has 2 N–H and O–H groups in total. The second-order valence-corrected chi connectivity index (χ2v) is 3.36. The minimum Gasteiger partial charge on any atom is -0.466 e. The van der Waals surface area contributed by atoms with E-state index in [4.69, 9.17) is 11.0 Å². The van der Waals surface area contributed by atoms with E-state index in [2.05, 4.69) is 9.72 Å². The average molecular weight is 255 g/mol. The van der Waals surface area contributed by atoms with Gasteiger partial charge < -0.3 is 10.5 Å². The molecular formula is C11H11F2N3O2. The maximum Gasteiger partial charge on any atom is 0.310 e. The van der Waals surface area contributed by atoms with Crippen molar-refractivity contribution in [1.29, 1.82) is 5.26 Å². The Morgan fingerprint density at radius 1 is 1.67 bits per heavy atom. The number of esters is 1. The Balaban J connectivity index is 3.15. The average Bonchev–Trinajstić information content (AvgIpc) is 2.28. The van der Waals surface area contributed by atoms with Crippen LogP contribution in [0.5, 0.6) is 0 Å². The second kappa shape index (κ2) is 5.91. The molecule has 0 spiro atoms. The van der Waals surface area contributed by atoms with E-state index in [1.807, 2.05) is 0 Å². The standard InChI is InChI=1S/C11H11F2N3O2/c1-2-18-9(17)4-6-3-8(10(12)13)16-11(15)7(6)5-14/h3,10H,2,4H2,1H3,(H2,15,16). The molecule has 0 saturated heterocycles. The zero-order chi connectivity index (χ0) is 13.7. The summed E-state index contributed by atoms with van der Waals surface area (Å²) in [6.45, 7) is 1.79. The Hall–Kier alpha value is -2.23. The molecule has 0 unspecified atom stereocenters. The second-order valence-electron chi connectivity index (χ2n) is 3.36. The maximum atomic E-state index is 12.5. The van der Waals surface area contributed by atoms with Crippen LogP contribution >= 0.6 is 0 Å². The molecule has 0 bridgehead atoms. The van der Waals surface area contributed by atoms with Gasteiger partial charge in [-0.15, -0.1) is 0 Å². The molecule has 5 nitrogen and oxygen atoms in total. The third-order valence-corrected chi connectivity index (χ3v) is 2.12. The number of pyridine rings is 1. The molecular weight excluding hydrogens is 244 g/mol. The normalized spacial score (nSPS) is 10.2. The number of aromatic nitrogens is 1. The molecule has 0 amide bonds. The minimum absolute atomic E-state index is 0.0764. The molecule has 18 heavy (non-hydrogen) atoms. The van der Waals surface area contributed by atoms with Gasteiger partial charge in [0, 0.05) is 0 Å². The lowest BCUT2D eigenvalue weighted by Gasteiger charge is -2.08. The lowest BCUT2D eigenvalue weighted by atomic mass is 10.1. The van der Waals surface area contributed by atoms with Crippen molar-refractivity contribution in [1.82, 2.24) is 4.98 Å². The van der Waals surface area contributed by atoms with Crippen molar-refractivity contribution in [2.45, 2.75) is 19.8 Å². The summed E-state index contributed by atoms with van der Waals surface area (Å²) in [7, 11) is 0. The Bertz CT molecular complexity index is 498. The fourth-order valence-corrected chi connectivity index (χ4v) is 1.39. The SMILES string of the molecule is CCOC(=O)Cc1cc(C(F)F)nc(N)c1C#N. The molecule has 0 aliphatic carbocycles. The predicted octanol–water partition coefficient (Wildman–Crippen LogP) is 1.58. The van der Waals surface area contributed by atoms with Gasteiger partial charge in [-0.1, -0.05) is 0 Å². The lowest BCUT2D eigenvalue weighted by molar-refractivity contribution is -0.142. The Morgan fingerprint density at radius 3 is 2.83 bits per heavy atom. The van der Waals surface area contributed by atoms with Gasteiger partial charge in [0.25, 0.3) is 6.43 Å². The van der Waals surface area contributed by atoms with Crippen LogP contribution in [0.1, 0.15) is 30.2 Å². The lowest BCUT2D eigenvalue weighted by Crippen LogP contribution is -2.11. The monoisotopic (exact) mass is 255 g/mol. The molecule has 0 aliphatic heterocycles. The Kier molecular flexibility index (Phi) is 4.54. The van der Waals surface area contributed by atoms with E-state index in [0.717, 1.165) is 6.07 Å². The van der Waals surface area contributed by atoms with Crippen LogP contribution in [0.15, 0.2) is 6.07 Å². The maximum absolute atomic E-state index is 12.5. The molecule has 7 heteroatoms. The quantitative estimate of drug-likeness (QED) is 0.825. The number of carbonyl (C=O) groups is 1. The van der Waals surface area contributed by atoms with Gasteiger partial charge in [0.1, 0.15) is 17.6 Å². The zero-order valence-electron chi connectivity index (χ0n) is 9.61. The number of nitrogen functional groups attached to an aromatic ring is 1. The van der Waals surface area contributed by atoms with Crippen LogP contribution in [-0.4, -0.2) is 17.6 Å². The summed E-state index contributed by atoms with van der Waals surface area (Å²) in [5.74, 6) is -0.922. The highest BCUT2D eigenvalue weighted by molar-refractivity contribution is 5.74. The van der Waals surface area contributed by atoms with Crippen molar-refractivity contribution in [3.05, 3.63) is 22.9 Å². The first-order valence-electron chi connectivity index (χ1n) is 5.12. The van der Waals surface area contributed by atoms with Gasteiger partial charge in [-0.3, -0.25) is 4.79 Å². The smallest absolute Gasteiger partial charge is 0.310 e. The van der Waals surface area contributed by atoms with Crippen LogP contribution in [-0.2, 0) is 16.0 Å². The number of ether oxygens (including phenoxy) is 1.